The quantitative estimate of drug-likeness (QED) is 0.731. The van der Waals surface area contributed by atoms with E-state index in [1.165, 1.54) is 0 Å². The first kappa shape index (κ1) is 15.0. The molecule has 1 aromatic carbocycles. The summed E-state index contributed by atoms with van der Waals surface area (Å²) < 4.78 is 7.21. The summed E-state index contributed by atoms with van der Waals surface area (Å²) in [6.07, 6.45) is 2.76. The first-order valence-corrected chi connectivity index (χ1v) is 8.78. The van der Waals surface area contributed by atoms with Gasteiger partial charge in [-0.3, -0.25) is 4.79 Å². The van der Waals surface area contributed by atoms with Gasteiger partial charge >= 0.3 is 0 Å². The summed E-state index contributed by atoms with van der Waals surface area (Å²) >= 11 is 1.60. The highest BCUT2D eigenvalue weighted by Gasteiger charge is 2.28. The number of benzene rings is 1. The molecule has 3 heterocycles. The second-order valence-corrected chi connectivity index (χ2v) is 6.51. The van der Waals surface area contributed by atoms with E-state index in [9.17, 15) is 4.79 Å². The predicted molar refractivity (Wildman–Crippen MR) is 91.3 cm³/mol. The largest absolute Gasteiger partial charge is 0.461 e. The van der Waals surface area contributed by atoms with Crippen LogP contribution in [0.15, 0.2) is 58.3 Å². The van der Waals surface area contributed by atoms with Crippen LogP contribution in [0.2, 0.25) is 0 Å². The molecule has 0 unspecified atom stereocenters. The van der Waals surface area contributed by atoms with Gasteiger partial charge < -0.3 is 4.42 Å². The number of carbonyl (C=O) groups excluding carboxylic acids is 1. The van der Waals surface area contributed by atoms with Crippen LogP contribution in [-0.2, 0) is 11.2 Å². The first-order valence-electron chi connectivity index (χ1n) is 7.79. The van der Waals surface area contributed by atoms with Crippen molar-refractivity contribution in [3.63, 3.8) is 0 Å². The lowest BCUT2D eigenvalue weighted by Gasteiger charge is -2.28. The van der Waals surface area contributed by atoms with Gasteiger partial charge in [-0.1, -0.05) is 42.1 Å². The maximum absolute atomic E-state index is 12.8. The van der Waals surface area contributed by atoms with Crippen molar-refractivity contribution in [3.05, 3.63) is 54.3 Å². The van der Waals surface area contributed by atoms with E-state index in [0.29, 0.717) is 24.6 Å². The number of rotatable bonds is 4. The van der Waals surface area contributed by atoms with Crippen molar-refractivity contribution in [1.82, 2.24) is 14.9 Å². The van der Waals surface area contributed by atoms with Gasteiger partial charge in [0.25, 0.3) is 0 Å². The Kier molecular flexibility index (Phi) is 4.08. The Morgan fingerprint density at radius 3 is 2.83 bits per heavy atom. The summed E-state index contributed by atoms with van der Waals surface area (Å²) in [4.78, 5) is 12.8. The lowest BCUT2D eigenvalue weighted by Crippen LogP contribution is -2.45. The number of aromatic nitrogens is 3. The highest BCUT2D eigenvalue weighted by Crippen LogP contribution is 2.28. The third-order valence-corrected chi connectivity index (χ3v) is 4.79. The van der Waals surface area contributed by atoms with Crippen molar-refractivity contribution >= 4 is 17.7 Å². The molecule has 2 aromatic heterocycles. The number of aryl methyl sites for hydroxylation is 1. The fourth-order valence-corrected chi connectivity index (χ4v) is 3.57. The van der Waals surface area contributed by atoms with E-state index in [2.05, 4.69) is 10.2 Å². The molecule has 7 heteroatoms. The van der Waals surface area contributed by atoms with Gasteiger partial charge in [0.05, 0.1) is 12.8 Å². The number of amides is 1. The van der Waals surface area contributed by atoms with E-state index in [0.717, 1.165) is 22.9 Å². The molecule has 0 bridgehead atoms. The Labute approximate surface area is 143 Å². The van der Waals surface area contributed by atoms with Crippen LogP contribution in [0.25, 0.3) is 11.6 Å². The zero-order valence-corrected chi connectivity index (χ0v) is 13.8. The molecule has 0 saturated carbocycles. The van der Waals surface area contributed by atoms with Crippen LogP contribution in [-0.4, -0.2) is 33.1 Å². The molecular weight excluding hydrogens is 324 g/mol. The van der Waals surface area contributed by atoms with Crippen LogP contribution in [0.4, 0.5) is 0 Å². The monoisotopic (exact) mass is 340 g/mol. The Hall–Kier alpha value is -2.54. The number of carbonyl (C=O) groups is 1. The van der Waals surface area contributed by atoms with E-state index in [-0.39, 0.29) is 5.91 Å². The molecular formula is C17H16N4O2S. The van der Waals surface area contributed by atoms with Gasteiger partial charge in [-0.15, -0.1) is 10.2 Å². The highest BCUT2D eigenvalue weighted by molar-refractivity contribution is 7.99. The summed E-state index contributed by atoms with van der Waals surface area (Å²) in [6, 6.07) is 13.7. The van der Waals surface area contributed by atoms with Crippen LogP contribution in [0.3, 0.4) is 0 Å². The van der Waals surface area contributed by atoms with E-state index in [4.69, 9.17) is 4.42 Å². The molecule has 122 valence electrons. The third kappa shape index (κ3) is 2.82. The van der Waals surface area contributed by atoms with E-state index in [1.807, 2.05) is 36.4 Å². The van der Waals surface area contributed by atoms with Gasteiger partial charge in [0, 0.05) is 12.2 Å². The first-order chi connectivity index (χ1) is 11.8. The molecule has 1 amide bonds. The van der Waals surface area contributed by atoms with E-state index in [1.54, 1.807) is 33.8 Å². The fourth-order valence-electron chi connectivity index (χ4n) is 2.72. The summed E-state index contributed by atoms with van der Waals surface area (Å²) in [6.45, 7) is 0.636. The Morgan fingerprint density at radius 2 is 2.04 bits per heavy atom. The minimum atomic E-state index is 0.0630. The van der Waals surface area contributed by atoms with Gasteiger partial charge in [-0.25, -0.2) is 9.69 Å². The van der Waals surface area contributed by atoms with Crippen molar-refractivity contribution in [2.24, 2.45) is 0 Å². The molecule has 3 aromatic rings. The number of hydrogen-bond donors (Lipinski definition) is 0. The number of furan rings is 1. The van der Waals surface area contributed by atoms with Crippen LogP contribution in [0, 0.1) is 0 Å². The van der Waals surface area contributed by atoms with Crippen molar-refractivity contribution in [3.8, 4) is 11.6 Å². The van der Waals surface area contributed by atoms with Crippen LogP contribution in [0.5, 0.6) is 0 Å². The topological polar surface area (TPSA) is 64.2 Å². The van der Waals surface area contributed by atoms with Crippen molar-refractivity contribution < 1.29 is 9.21 Å². The van der Waals surface area contributed by atoms with Crippen molar-refractivity contribution in [2.45, 2.75) is 18.0 Å². The second-order valence-electron chi connectivity index (χ2n) is 5.45. The Morgan fingerprint density at radius 1 is 1.17 bits per heavy atom. The van der Waals surface area contributed by atoms with E-state index >= 15 is 0 Å². The summed E-state index contributed by atoms with van der Waals surface area (Å²) in [5.74, 6) is 2.05. The Bertz CT molecular complexity index is 830. The van der Waals surface area contributed by atoms with Gasteiger partial charge in [0.1, 0.15) is 0 Å². The predicted octanol–water partition coefficient (Wildman–Crippen LogP) is 2.74. The van der Waals surface area contributed by atoms with Crippen LogP contribution < -0.4 is 5.01 Å². The molecule has 0 N–H and O–H groups in total. The van der Waals surface area contributed by atoms with E-state index < -0.39 is 0 Å². The molecule has 0 atom stereocenters. The number of hydrogen-bond acceptors (Lipinski definition) is 5. The third-order valence-electron chi connectivity index (χ3n) is 3.89. The smallest absolute Gasteiger partial charge is 0.241 e. The Balaban J connectivity index is 1.57. The summed E-state index contributed by atoms with van der Waals surface area (Å²) in [5.41, 5.74) is 1.16. The van der Waals surface area contributed by atoms with Crippen molar-refractivity contribution in [2.75, 3.05) is 17.3 Å². The minimum Gasteiger partial charge on any atom is -0.461 e. The van der Waals surface area contributed by atoms with Gasteiger partial charge in [-0.2, -0.15) is 0 Å². The van der Waals surface area contributed by atoms with Crippen molar-refractivity contribution in [1.29, 1.82) is 0 Å². The zero-order valence-electron chi connectivity index (χ0n) is 13.0. The van der Waals surface area contributed by atoms with Crippen LogP contribution >= 0.6 is 11.8 Å². The zero-order chi connectivity index (χ0) is 16.4. The molecule has 1 aliphatic rings. The average Bonchev–Trinajstić information content (AvgIpc) is 3.29. The maximum Gasteiger partial charge on any atom is 0.241 e. The molecule has 4 rings (SSSR count). The fraction of sp³-hybridized carbons (Fsp3) is 0.235. The normalized spacial score (nSPS) is 13.8. The van der Waals surface area contributed by atoms with Gasteiger partial charge in [-0.05, 0) is 24.1 Å². The lowest BCUT2D eigenvalue weighted by atomic mass is 10.1. The standard InChI is InChI=1S/C17H16N4O2S/c22-15(9-8-13-5-2-1-3-6-13)20-10-12-24-17-19-18-16(21(17)20)14-7-4-11-23-14/h1-7,11H,8-10,12H2. The molecule has 6 nitrogen and oxygen atoms in total. The molecule has 0 spiro atoms. The SMILES string of the molecule is O=C(CCc1ccccc1)N1CCSc2nnc(-c3ccco3)n21. The highest BCUT2D eigenvalue weighted by atomic mass is 32.2. The molecule has 24 heavy (non-hydrogen) atoms. The van der Waals surface area contributed by atoms with Crippen LogP contribution in [0.1, 0.15) is 12.0 Å². The molecule has 0 aliphatic carbocycles. The molecule has 0 saturated heterocycles. The number of thioether (sulfide) groups is 1. The number of nitrogens with zero attached hydrogens (tertiary/aromatic N) is 4. The van der Waals surface area contributed by atoms with Gasteiger partial charge in [0.2, 0.25) is 16.9 Å². The molecule has 0 fully saturated rings. The minimum absolute atomic E-state index is 0.0630. The molecule has 1 aliphatic heterocycles. The lowest BCUT2D eigenvalue weighted by molar-refractivity contribution is -0.120. The maximum atomic E-state index is 12.8. The summed E-state index contributed by atoms with van der Waals surface area (Å²) in [7, 11) is 0. The average molecular weight is 340 g/mol. The second kappa shape index (κ2) is 6.52. The number of fused-ring (bicyclic) bond motifs is 1. The molecule has 0 radical (unpaired) electrons. The van der Waals surface area contributed by atoms with Gasteiger partial charge in [0.15, 0.2) is 5.76 Å². The summed E-state index contributed by atoms with van der Waals surface area (Å²) in [5, 5.41) is 10.8.